The van der Waals surface area contributed by atoms with Gasteiger partial charge in [-0.05, 0) is 22.9 Å². The second-order valence-electron chi connectivity index (χ2n) is 3.32. The minimum absolute atomic E-state index is 0. The molecule has 0 unspecified atom stereocenters. The average molecular weight is 239 g/mol. The van der Waals surface area contributed by atoms with Crippen molar-refractivity contribution < 1.29 is 19.8 Å². The zero-order valence-electron chi connectivity index (χ0n) is 9.18. The Kier molecular flexibility index (Phi) is 4.28. The zero-order valence-corrected chi connectivity index (χ0v) is 11.2. The van der Waals surface area contributed by atoms with E-state index in [-0.39, 0.29) is 40.7 Å². The number of hydrogen-bond donors (Lipinski definition) is 2. The largest absolute Gasteiger partial charge is 0.478 e. The summed E-state index contributed by atoms with van der Waals surface area (Å²) in [5, 5.41) is 18.8. The number of aromatic carboxylic acids is 2. The van der Waals surface area contributed by atoms with Gasteiger partial charge in [0.25, 0.3) is 0 Å². The Morgan fingerprint density at radius 1 is 0.765 bits per heavy atom. The predicted octanol–water partition coefficient (Wildman–Crippen LogP) is 1.86. The van der Waals surface area contributed by atoms with Crippen molar-refractivity contribution in [3.63, 3.8) is 0 Å². The molecule has 1 radical (unpaired) electrons. The van der Waals surface area contributed by atoms with Crippen LogP contribution in [0.15, 0.2) is 36.4 Å². The van der Waals surface area contributed by atoms with Gasteiger partial charge in [0.15, 0.2) is 0 Å². The van der Waals surface area contributed by atoms with Gasteiger partial charge in [0.2, 0.25) is 0 Å². The van der Waals surface area contributed by atoms with Crippen LogP contribution >= 0.6 is 0 Å². The van der Waals surface area contributed by atoms with Gasteiger partial charge in [0.1, 0.15) is 0 Å². The fraction of sp³-hybridized carbons (Fsp3) is 0. The van der Waals surface area contributed by atoms with Crippen LogP contribution in [0.4, 0.5) is 0 Å². The predicted molar refractivity (Wildman–Crippen MR) is 63.6 cm³/mol. The van der Waals surface area contributed by atoms with Crippen molar-refractivity contribution in [3.05, 3.63) is 47.5 Å². The molecule has 0 amide bonds. The molecule has 0 aromatic heterocycles. The summed E-state index contributed by atoms with van der Waals surface area (Å²) in [5.74, 6) is -2.12. The van der Waals surface area contributed by atoms with Crippen LogP contribution in [-0.4, -0.2) is 51.7 Å². The van der Waals surface area contributed by atoms with Crippen molar-refractivity contribution in [2.75, 3.05) is 0 Å². The molecule has 0 bridgehead atoms. The molecule has 0 saturated heterocycles. The van der Waals surface area contributed by atoms with Crippen LogP contribution in [-0.2, 0) is 0 Å². The van der Waals surface area contributed by atoms with Crippen molar-refractivity contribution >= 4 is 52.3 Å². The van der Waals surface area contributed by atoms with Gasteiger partial charge in [-0.25, -0.2) is 9.59 Å². The van der Waals surface area contributed by atoms with Gasteiger partial charge >= 0.3 is 11.9 Å². The molecule has 0 fully saturated rings. The number of benzene rings is 2. The Morgan fingerprint density at radius 2 is 1.12 bits per heavy atom. The summed E-state index contributed by atoms with van der Waals surface area (Å²) in [4.78, 5) is 21.9. The fourth-order valence-corrected chi connectivity index (χ4v) is 1.67. The summed E-state index contributed by atoms with van der Waals surface area (Å²) in [6, 6.07) is 9.19. The minimum Gasteiger partial charge on any atom is -0.478 e. The van der Waals surface area contributed by atoms with Crippen LogP contribution in [0.3, 0.4) is 0 Å². The monoisotopic (exact) mass is 239 g/mol. The van der Waals surface area contributed by atoms with Crippen LogP contribution in [0.2, 0.25) is 0 Å². The third-order valence-electron chi connectivity index (χ3n) is 2.38. The molecule has 5 heteroatoms. The van der Waals surface area contributed by atoms with E-state index in [4.69, 9.17) is 10.2 Å². The zero-order chi connectivity index (χ0) is 11.7. The van der Waals surface area contributed by atoms with E-state index in [1.807, 2.05) is 0 Å². The van der Waals surface area contributed by atoms with Crippen molar-refractivity contribution in [3.8, 4) is 0 Å². The van der Waals surface area contributed by atoms with Crippen LogP contribution < -0.4 is 0 Å². The molecule has 0 spiro atoms. The standard InChI is InChI=1S/C12H8O4.Na/c13-11(14)9-5-6-10(12(15)16)8-4-2-1-3-7(8)9;/h1-6H,(H,13,14)(H,15,16);. The summed E-state index contributed by atoms with van der Waals surface area (Å²) in [5.41, 5.74) is 0.223. The molecule has 0 saturated carbocycles. The van der Waals surface area contributed by atoms with E-state index in [0.717, 1.165) is 0 Å². The normalized spacial score (nSPS) is 9.65. The Balaban J connectivity index is 0.00000144. The van der Waals surface area contributed by atoms with Gasteiger partial charge < -0.3 is 10.2 Å². The summed E-state index contributed by atoms with van der Waals surface area (Å²) in [7, 11) is 0. The number of rotatable bonds is 2. The van der Waals surface area contributed by atoms with Crippen molar-refractivity contribution in [2.45, 2.75) is 0 Å². The summed E-state index contributed by atoms with van der Waals surface area (Å²) in [6.45, 7) is 0. The summed E-state index contributed by atoms with van der Waals surface area (Å²) < 4.78 is 0. The number of fused-ring (bicyclic) bond motifs is 1. The minimum atomic E-state index is -1.06. The topological polar surface area (TPSA) is 74.6 Å². The number of carboxylic acids is 2. The quantitative estimate of drug-likeness (QED) is 0.784. The summed E-state index contributed by atoms with van der Waals surface area (Å²) >= 11 is 0. The van der Waals surface area contributed by atoms with E-state index in [9.17, 15) is 9.59 Å². The molecule has 2 aromatic rings. The van der Waals surface area contributed by atoms with Gasteiger partial charge in [-0.3, -0.25) is 0 Å². The van der Waals surface area contributed by atoms with Gasteiger partial charge in [-0.15, -0.1) is 0 Å². The molecule has 2 rings (SSSR count). The molecule has 81 valence electrons. The van der Waals surface area contributed by atoms with E-state index < -0.39 is 11.9 Å². The third kappa shape index (κ3) is 2.49. The first-order valence-corrected chi connectivity index (χ1v) is 4.59. The number of carbonyl (C=O) groups is 2. The Labute approximate surface area is 119 Å². The van der Waals surface area contributed by atoms with Crippen molar-refractivity contribution in [1.82, 2.24) is 0 Å². The Morgan fingerprint density at radius 3 is 1.41 bits per heavy atom. The molecule has 0 aliphatic rings. The molecule has 2 N–H and O–H groups in total. The number of carboxylic acid groups (broad SMARTS) is 2. The molecule has 17 heavy (non-hydrogen) atoms. The van der Waals surface area contributed by atoms with Crippen molar-refractivity contribution in [1.29, 1.82) is 0 Å². The van der Waals surface area contributed by atoms with E-state index in [1.165, 1.54) is 12.1 Å². The van der Waals surface area contributed by atoms with E-state index in [1.54, 1.807) is 24.3 Å². The number of hydrogen-bond acceptors (Lipinski definition) is 2. The van der Waals surface area contributed by atoms with Gasteiger partial charge in [0.05, 0.1) is 11.1 Å². The third-order valence-corrected chi connectivity index (χ3v) is 2.38. The van der Waals surface area contributed by atoms with E-state index >= 15 is 0 Å². The average Bonchev–Trinajstić information content (AvgIpc) is 2.27. The molecular weight excluding hydrogens is 231 g/mol. The second kappa shape index (κ2) is 5.31. The van der Waals surface area contributed by atoms with Crippen LogP contribution in [0.25, 0.3) is 10.8 Å². The molecular formula is C12H8NaO4. The first-order valence-electron chi connectivity index (χ1n) is 4.59. The first-order chi connectivity index (χ1) is 7.61. The molecule has 4 nitrogen and oxygen atoms in total. The maximum Gasteiger partial charge on any atom is 0.336 e. The molecule has 0 aliphatic carbocycles. The van der Waals surface area contributed by atoms with Crippen molar-refractivity contribution in [2.24, 2.45) is 0 Å². The van der Waals surface area contributed by atoms with Crippen LogP contribution in [0, 0.1) is 0 Å². The van der Waals surface area contributed by atoms with E-state index in [2.05, 4.69) is 0 Å². The second-order valence-corrected chi connectivity index (χ2v) is 3.32. The summed E-state index contributed by atoms with van der Waals surface area (Å²) in [6.07, 6.45) is 0. The maximum absolute atomic E-state index is 10.9. The Hall–Kier alpha value is -1.36. The smallest absolute Gasteiger partial charge is 0.336 e. The molecule has 0 aliphatic heterocycles. The maximum atomic E-state index is 10.9. The van der Waals surface area contributed by atoms with Crippen LogP contribution in [0.1, 0.15) is 20.7 Å². The van der Waals surface area contributed by atoms with E-state index in [0.29, 0.717) is 10.8 Å². The SMILES string of the molecule is O=C(O)c1ccc(C(=O)O)c2ccccc12.[Na]. The Bertz CT molecular complexity index is 540. The molecule has 0 atom stereocenters. The van der Waals surface area contributed by atoms with Gasteiger partial charge in [0, 0.05) is 29.6 Å². The first kappa shape index (κ1) is 13.7. The molecule has 2 aromatic carbocycles. The molecule has 0 heterocycles. The van der Waals surface area contributed by atoms with Gasteiger partial charge in [-0.2, -0.15) is 0 Å². The fourth-order valence-electron chi connectivity index (χ4n) is 1.67. The van der Waals surface area contributed by atoms with Gasteiger partial charge in [-0.1, -0.05) is 24.3 Å². The van der Waals surface area contributed by atoms with Crippen LogP contribution in [0.5, 0.6) is 0 Å².